The quantitative estimate of drug-likeness (QED) is 0.430. The molecule has 0 aliphatic heterocycles. The van der Waals surface area contributed by atoms with Gasteiger partial charge >= 0.3 is 5.97 Å². The summed E-state index contributed by atoms with van der Waals surface area (Å²) in [7, 11) is 3.59. The van der Waals surface area contributed by atoms with Gasteiger partial charge in [0.1, 0.15) is 11.4 Å². The van der Waals surface area contributed by atoms with Crippen LogP contribution in [0.25, 0.3) is 10.9 Å². The lowest BCUT2D eigenvalue weighted by Gasteiger charge is -2.15. The summed E-state index contributed by atoms with van der Waals surface area (Å²) in [6.45, 7) is -0.154. The number of rotatable bonds is 7. The van der Waals surface area contributed by atoms with Crippen molar-refractivity contribution in [2.75, 3.05) is 20.7 Å². The van der Waals surface area contributed by atoms with Crippen LogP contribution in [0, 0.1) is 5.82 Å². The van der Waals surface area contributed by atoms with Crippen LogP contribution >= 0.6 is 11.6 Å². The van der Waals surface area contributed by atoms with Crippen LogP contribution < -0.4 is 5.43 Å². The summed E-state index contributed by atoms with van der Waals surface area (Å²) in [5.41, 5.74) is 0.679. The van der Waals surface area contributed by atoms with E-state index in [4.69, 9.17) is 11.6 Å². The van der Waals surface area contributed by atoms with E-state index in [2.05, 4.69) is 4.99 Å². The molecule has 9 heteroatoms. The highest BCUT2D eigenvalue weighted by Gasteiger charge is 2.18. The van der Waals surface area contributed by atoms with Crippen molar-refractivity contribution in [3.8, 4) is 0 Å². The van der Waals surface area contributed by atoms with Gasteiger partial charge in [-0.25, -0.2) is 14.2 Å². The Kier molecular flexibility index (Phi) is 6.72. The maximum atomic E-state index is 14.5. The van der Waals surface area contributed by atoms with Gasteiger partial charge in [0.25, 0.3) is 0 Å². The molecule has 1 aromatic heterocycles. The molecular weight excluding hydrogens is 425 g/mol. The molecule has 1 heterocycles. The molecule has 2 N–H and O–H groups in total. The molecule has 0 amide bonds. The first-order chi connectivity index (χ1) is 14.7. The number of aromatic carboxylic acids is 1. The summed E-state index contributed by atoms with van der Waals surface area (Å²) < 4.78 is 16.0. The Hall–Kier alpha value is -3.23. The minimum Gasteiger partial charge on any atom is -0.477 e. The monoisotopic (exact) mass is 445 g/mol. The van der Waals surface area contributed by atoms with Crippen molar-refractivity contribution in [1.82, 2.24) is 9.47 Å². The predicted molar refractivity (Wildman–Crippen MR) is 118 cm³/mol. The van der Waals surface area contributed by atoms with Gasteiger partial charge < -0.3 is 19.7 Å². The maximum absolute atomic E-state index is 14.5. The van der Waals surface area contributed by atoms with Crippen LogP contribution in [0.5, 0.6) is 0 Å². The first kappa shape index (κ1) is 22.5. The third kappa shape index (κ3) is 4.76. The lowest BCUT2D eigenvalue weighted by atomic mass is 9.99. The number of hydrogen-bond donors (Lipinski definition) is 2. The Morgan fingerprint density at radius 2 is 2.03 bits per heavy atom. The van der Waals surface area contributed by atoms with Crippen LogP contribution in [-0.2, 0) is 13.0 Å². The summed E-state index contributed by atoms with van der Waals surface area (Å²) in [6, 6.07) is 7.82. The van der Waals surface area contributed by atoms with Crippen LogP contribution in [0.1, 0.15) is 21.5 Å². The average Bonchev–Trinajstić information content (AvgIpc) is 2.72. The second-order valence-corrected chi connectivity index (χ2v) is 7.60. The Labute approximate surface area is 182 Å². The van der Waals surface area contributed by atoms with E-state index in [-0.39, 0.29) is 30.0 Å². The van der Waals surface area contributed by atoms with Crippen molar-refractivity contribution in [3.63, 3.8) is 0 Å². The van der Waals surface area contributed by atoms with E-state index in [9.17, 15) is 24.2 Å². The Balaban J connectivity index is 2.31. The average molecular weight is 446 g/mol. The van der Waals surface area contributed by atoms with Crippen molar-refractivity contribution in [2.45, 2.75) is 13.0 Å². The number of carbonyl (C=O) groups is 1. The first-order valence-corrected chi connectivity index (χ1v) is 9.78. The SMILES string of the molecule is CN(C)/C=N/c1cc2c(cc1Cc1cccc(Cl)c1F)c(=O)c(C(=O)O)cn2CCO. The molecule has 0 saturated carbocycles. The summed E-state index contributed by atoms with van der Waals surface area (Å²) in [5, 5.41) is 18.9. The van der Waals surface area contributed by atoms with Gasteiger partial charge in [-0.2, -0.15) is 0 Å². The van der Waals surface area contributed by atoms with Crippen LogP contribution in [0.2, 0.25) is 5.02 Å². The molecule has 2 aromatic carbocycles. The molecule has 7 nitrogen and oxygen atoms in total. The highest BCUT2D eigenvalue weighted by Crippen LogP contribution is 2.29. The van der Waals surface area contributed by atoms with Crippen molar-refractivity contribution in [2.24, 2.45) is 4.99 Å². The molecular formula is C22H21ClFN3O4. The molecule has 0 aliphatic carbocycles. The van der Waals surface area contributed by atoms with Crippen LogP contribution in [0.4, 0.5) is 10.1 Å². The highest BCUT2D eigenvalue weighted by atomic mass is 35.5. The number of aliphatic hydroxyl groups excluding tert-OH is 1. The van der Waals surface area contributed by atoms with E-state index in [0.717, 1.165) is 0 Å². The van der Waals surface area contributed by atoms with Gasteiger partial charge in [-0.15, -0.1) is 0 Å². The number of hydrogen-bond acceptors (Lipinski definition) is 4. The smallest absolute Gasteiger partial charge is 0.341 e. The standard InChI is InChI=1S/C22H21ClFN3O4/c1-26(2)12-25-18-10-19-15(21(29)16(22(30)31)11-27(19)6-7-28)9-14(18)8-13-4-3-5-17(23)20(13)24/h3-5,9-12,28H,6-8H2,1-2H3,(H,30,31)/b25-12+. The van der Waals surface area contributed by atoms with E-state index in [0.29, 0.717) is 22.3 Å². The minimum absolute atomic E-state index is 0.0184. The Morgan fingerprint density at radius 1 is 1.29 bits per heavy atom. The number of aliphatic imine (C=N–C) groups is 1. The van der Waals surface area contributed by atoms with Gasteiger partial charge in [0.2, 0.25) is 5.43 Å². The van der Waals surface area contributed by atoms with Gasteiger partial charge in [-0.3, -0.25) is 4.79 Å². The Morgan fingerprint density at radius 3 is 2.68 bits per heavy atom. The number of nitrogens with zero attached hydrogens (tertiary/aromatic N) is 3. The summed E-state index contributed by atoms with van der Waals surface area (Å²) in [5.74, 6) is -1.93. The van der Waals surface area contributed by atoms with Gasteiger partial charge in [0.05, 0.1) is 29.2 Å². The molecule has 31 heavy (non-hydrogen) atoms. The number of halogens is 2. The van der Waals surface area contributed by atoms with E-state index in [1.54, 1.807) is 43.5 Å². The van der Waals surface area contributed by atoms with Crippen molar-refractivity contribution in [3.05, 3.63) is 74.3 Å². The second-order valence-electron chi connectivity index (χ2n) is 7.19. The molecule has 0 fully saturated rings. The fourth-order valence-corrected chi connectivity index (χ4v) is 3.44. The summed E-state index contributed by atoms with van der Waals surface area (Å²) >= 11 is 5.90. The number of carboxylic acids is 1. The largest absolute Gasteiger partial charge is 0.477 e. The molecule has 0 spiro atoms. The van der Waals surface area contributed by atoms with Crippen LogP contribution in [0.15, 0.2) is 46.3 Å². The van der Waals surface area contributed by atoms with Crippen LogP contribution in [0.3, 0.4) is 0 Å². The minimum atomic E-state index is -1.37. The van der Waals surface area contributed by atoms with E-state index in [1.807, 2.05) is 0 Å². The molecule has 3 rings (SSSR count). The highest BCUT2D eigenvalue weighted by molar-refractivity contribution is 6.30. The fourth-order valence-electron chi connectivity index (χ4n) is 3.25. The molecule has 0 bridgehead atoms. The number of fused-ring (bicyclic) bond motifs is 1. The van der Waals surface area contributed by atoms with E-state index >= 15 is 0 Å². The van der Waals surface area contributed by atoms with Crippen LogP contribution in [-0.4, -0.2) is 52.7 Å². The molecule has 162 valence electrons. The van der Waals surface area contributed by atoms with Crippen molar-refractivity contribution < 1.29 is 19.4 Å². The lowest BCUT2D eigenvalue weighted by Crippen LogP contribution is -2.20. The number of carboxylic acid groups (broad SMARTS) is 1. The predicted octanol–water partition coefficient (Wildman–Crippen LogP) is 3.30. The summed E-state index contributed by atoms with van der Waals surface area (Å²) in [4.78, 5) is 30.6. The zero-order valence-corrected chi connectivity index (χ0v) is 17.7. The number of aromatic nitrogens is 1. The zero-order valence-electron chi connectivity index (χ0n) is 17.0. The maximum Gasteiger partial charge on any atom is 0.341 e. The lowest BCUT2D eigenvalue weighted by molar-refractivity contribution is 0.0694. The molecule has 0 aliphatic rings. The van der Waals surface area contributed by atoms with Crippen molar-refractivity contribution in [1.29, 1.82) is 0 Å². The van der Waals surface area contributed by atoms with E-state index < -0.39 is 22.8 Å². The number of aliphatic hydroxyl groups is 1. The Bertz CT molecular complexity index is 1240. The molecule has 0 radical (unpaired) electrons. The second kappa shape index (κ2) is 9.28. The summed E-state index contributed by atoms with van der Waals surface area (Å²) in [6.07, 6.45) is 2.87. The normalized spacial score (nSPS) is 11.4. The molecule has 0 atom stereocenters. The number of pyridine rings is 1. The van der Waals surface area contributed by atoms with E-state index in [1.165, 1.54) is 22.9 Å². The molecule has 0 unspecified atom stereocenters. The van der Waals surface area contributed by atoms with Gasteiger partial charge in [-0.05, 0) is 29.3 Å². The van der Waals surface area contributed by atoms with Gasteiger partial charge in [0.15, 0.2) is 0 Å². The fraction of sp³-hybridized carbons (Fsp3) is 0.227. The molecule has 3 aromatic rings. The van der Waals surface area contributed by atoms with Gasteiger partial charge in [-0.1, -0.05) is 23.7 Å². The third-order valence-corrected chi connectivity index (χ3v) is 4.98. The molecule has 0 saturated heterocycles. The number of benzene rings is 2. The topological polar surface area (TPSA) is 95.1 Å². The first-order valence-electron chi connectivity index (χ1n) is 9.40. The third-order valence-electron chi connectivity index (χ3n) is 4.69. The zero-order chi connectivity index (χ0) is 22.7. The van der Waals surface area contributed by atoms with Crippen molar-refractivity contribution >= 4 is 40.5 Å². The van der Waals surface area contributed by atoms with Gasteiger partial charge in [0, 0.05) is 38.6 Å².